The van der Waals surface area contributed by atoms with Gasteiger partial charge in [-0.05, 0) is 62.4 Å². The molecule has 0 aliphatic heterocycles. The van der Waals surface area contributed by atoms with Crippen LogP contribution in [0.5, 0.6) is 0 Å². The van der Waals surface area contributed by atoms with E-state index in [1.54, 1.807) is 12.1 Å². The Labute approximate surface area is 204 Å². The van der Waals surface area contributed by atoms with Crippen LogP contribution in [-0.4, -0.2) is 19.1 Å². The highest BCUT2D eigenvalue weighted by molar-refractivity contribution is 7.84. The summed E-state index contributed by atoms with van der Waals surface area (Å²) in [5.74, 6) is -0.830. The van der Waals surface area contributed by atoms with Gasteiger partial charge in [0, 0.05) is 22.0 Å². The number of pyridine rings is 1. The van der Waals surface area contributed by atoms with E-state index in [9.17, 15) is 13.9 Å². The minimum Gasteiger partial charge on any atom is -0.356 e. The third-order valence-electron chi connectivity index (χ3n) is 5.85. The number of halogens is 2. The second-order valence-corrected chi connectivity index (χ2v) is 10.8. The predicted molar refractivity (Wildman–Crippen MR) is 131 cm³/mol. The van der Waals surface area contributed by atoms with E-state index >= 15 is 0 Å². The van der Waals surface area contributed by atoms with E-state index in [2.05, 4.69) is 10.1 Å². The first-order chi connectivity index (χ1) is 16.2. The lowest BCUT2D eigenvalue weighted by molar-refractivity contribution is 0.459. The van der Waals surface area contributed by atoms with Crippen LogP contribution >= 0.6 is 11.6 Å². The summed E-state index contributed by atoms with van der Waals surface area (Å²) in [5.41, 5.74) is 3.11. The molecule has 0 fully saturated rings. The second kappa shape index (κ2) is 9.63. The molecule has 0 spiro atoms. The summed E-state index contributed by atoms with van der Waals surface area (Å²) < 4.78 is 31.7. The van der Waals surface area contributed by atoms with Crippen LogP contribution in [0.3, 0.4) is 0 Å². The Morgan fingerprint density at radius 2 is 2.00 bits per heavy atom. The van der Waals surface area contributed by atoms with E-state index in [1.165, 1.54) is 12.1 Å². The maximum absolute atomic E-state index is 14.7. The van der Waals surface area contributed by atoms with Crippen molar-refractivity contribution in [3.8, 4) is 17.3 Å². The second-order valence-electron chi connectivity index (χ2n) is 8.66. The quantitative estimate of drug-likeness (QED) is 0.354. The highest BCUT2D eigenvalue weighted by Gasteiger charge is 2.31. The number of hydrogen-bond acceptors (Lipinski definition) is 5. The number of aromatic nitrogens is 2. The first kappa shape index (κ1) is 24.0. The molecule has 34 heavy (non-hydrogen) atoms. The van der Waals surface area contributed by atoms with Crippen molar-refractivity contribution in [3.63, 3.8) is 0 Å². The van der Waals surface area contributed by atoms with Crippen LogP contribution in [0.15, 0.2) is 59.1 Å². The van der Waals surface area contributed by atoms with Crippen molar-refractivity contribution in [1.29, 1.82) is 5.26 Å². The van der Waals surface area contributed by atoms with Crippen molar-refractivity contribution in [2.75, 3.05) is 0 Å². The molecule has 0 bridgehead atoms. The molecule has 0 amide bonds. The Bertz CT molecular complexity index is 1430. The molecule has 2 N–H and O–H groups in total. The molecule has 2 aromatic carbocycles. The van der Waals surface area contributed by atoms with Crippen molar-refractivity contribution in [2.24, 2.45) is 5.14 Å². The molecule has 4 rings (SSSR count). The topological polar surface area (TPSA) is 106 Å². The first-order valence-corrected chi connectivity index (χ1v) is 12.1. The van der Waals surface area contributed by atoms with Crippen molar-refractivity contribution in [1.82, 2.24) is 10.1 Å². The van der Waals surface area contributed by atoms with Crippen LogP contribution in [0.1, 0.15) is 43.1 Å². The fourth-order valence-electron chi connectivity index (χ4n) is 4.07. The van der Waals surface area contributed by atoms with Gasteiger partial charge in [-0.3, -0.25) is 5.14 Å². The van der Waals surface area contributed by atoms with Gasteiger partial charge in [-0.25, -0.2) is 13.6 Å². The minimum absolute atomic E-state index is 0.129. The predicted octanol–water partition coefficient (Wildman–Crippen LogP) is 5.67. The average Bonchev–Trinajstić information content (AvgIpc) is 3.22. The van der Waals surface area contributed by atoms with E-state index < -0.39 is 21.5 Å². The van der Waals surface area contributed by atoms with Gasteiger partial charge in [-0.15, -0.1) is 0 Å². The standard InChI is InChI=1S/C25H22ClFN4O2S/c1-25(2,34(29)32)13-15(11-22-21(27)10-8-17(14-28)30-22)18-5-3-4-6-19(18)24-20-9-7-16(26)12-23(20)33-31-24/h3-10,12,15H,11,13,29H2,1-2H3/t15-,34?/m0/s1. The molecular formula is C25H22ClFN4O2S. The summed E-state index contributed by atoms with van der Waals surface area (Å²) in [6, 6.07) is 17.4. The van der Waals surface area contributed by atoms with Gasteiger partial charge >= 0.3 is 0 Å². The van der Waals surface area contributed by atoms with Crippen molar-refractivity contribution in [2.45, 2.75) is 37.4 Å². The van der Waals surface area contributed by atoms with Gasteiger partial charge in [0.25, 0.3) is 0 Å². The Balaban J connectivity index is 1.85. The molecule has 0 saturated carbocycles. The zero-order valence-electron chi connectivity index (χ0n) is 18.6. The number of nitriles is 1. The monoisotopic (exact) mass is 496 g/mol. The Morgan fingerprint density at radius 3 is 2.74 bits per heavy atom. The van der Waals surface area contributed by atoms with Crippen LogP contribution in [0.4, 0.5) is 4.39 Å². The van der Waals surface area contributed by atoms with Crippen LogP contribution in [0.2, 0.25) is 5.02 Å². The molecule has 0 aliphatic rings. The van der Waals surface area contributed by atoms with E-state index in [0.29, 0.717) is 22.7 Å². The lowest BCUT2D eigenvalue weighted by Gasteiger charge is -2.29. The Morgan fingerprint density at radius 1 is 1.24 bits per heavy atom. The lowest BCUT2D eigenvalue weighted by atomic mass is 9.82. The van der Waals surface area contributed by atoms with Crippen LogP contribution < -0.4 is 5.14 Å². The van der Waals surface area contributed by atoms with E-state index in [-0.39, 0.29) is 23.7 Å². The van der Waals surface area contributed by atoms with Gasteiger partial charge < -0.3 is 4.52 Å². The maximum Gasteiger partial charge on any atom is 0.169 e. The van der Waals surface area contributed by atoms with Gasteiger partial charge in [-0.2, -0.15) is 5.26 Å². The van der Waals surface area contributed by atoms with Gasteiger partial charge in [0.15, 0.2) is 5.58 Å². The number of rotatable bonds is 7. The van der Waals surface area contributed by atoms with Gasteiger partial charge in [0.2, 0.25) is 0 Å². The fourth-order valence-corrected chi connectivity index (χ4v) is 4.59. The average molecular weight is 497 g/mol. The zero-order chi connectivity index (χ0) is 24.5. The number of hydrogen-bond donors (Lipinski definition) is 1. The van der Waals surface area contributed by atoms with Gasteiger partial charge in [-0.1, -0.05) is 41.0 Å². The molecule has 9 heteroatoms. The molecule has 0 saturated heterocycles. The molecule has 4 aromatic rings. The summed E-state index contributed by atoms with van der Waals surface area (Å²) in [6.07, 6.45) is 0.563. The molecular weight excluding hydrogens is 475 g/mol. The summed E-state index contributed by atoms with van der Waals surface area (Å²) in [4.78, 5) is 4.19. The Kier molecular flexibility index (Phi) is 6.80. The van der Waals surface area contributed by atoms with E-state index in [1.807, 2.05) is 50.2 Å². The number of nitrogens with two attached hydrogens (primary N) is 1. The third kappa shape index (κ3) is 4.87. The normalized spacial score (nSPS) is 13.5. The molecule has 0 aliphatic carbocycles. The summed E-state index contributed by atoms with van der Waals surface area (Å²) >= 11 is 6.09. The number of benzene rings is 2. The molecule has 1 unspecified atom stereocenters. The van der Waals surface area contributed by atoms with Crippen molar-refractivity contribution in [3.05, 3.63) is 82.4 Å². The van der Waals surface area contributed by atoms with Gasteiger partial charge in [0.05, 0.1) is 21.4 Å². The highest BCUT2D eigenvalue weighted by Crippen LogP contribution is 2.39. The number of nitrogens with zero attached hydrogens (tertiary/aromatic N) is 3. The number of fused-ring (bicyclic) bond motifs is 1. The van der Waals surface area contributed by atoms with Gasteiger partial charge in [0.1, 0.15) is 23.3 Å². The zero-order valence-corrected chi connectivity index (χ0v) is 20.2. The third-order valence-corrected chi connectivity index (χ3v) is 7.34. The summed E-state index contributed by atoms with van der Waals surface area (Å²) in [7, 11) is -1.62. The molecule has 0 radical (unpaired) electrons. The molecule has 6 nitrogen and oxygen atoms in total. The first-order valence-electron chi connectivity index (χ1n) is 10.6. The maximum atomic E-state index is 14.7. The molecule has 2 atom stereocenters. The minimum atomic E-state index is -1.62. The van der Waals surface area contributed by atoms with Crippen LogP contribution in [0.25, 0.3) is 22.2 Å². The van der Waals surface area contributed by atoms with E-state index in [0.717, 1.165) is 16.5 Å². The van der Waals surface area contributed by atoms with Crippen LogP contribution in [-0.2, 0) is 17.4 Å². The Hall–Kier alpha value is -3.12. The van der Waals surface area contributed by atoms with E-state index in [4.69, 9.17) is 21.3 Å². The smallest absolute Gasteiger partial charge is 0.169 e. The lowest BCUT2D eigenvalue weighted by Crippen LogP contribution is -2.34. The highest BCUT2D eigenvalue weighted by atomic mass is 35.5. The fraction of sp³-hybridized carbons (Fsp3) is 0.240. The van der Waals surface area contributed by atoms with Crippen LogP contribution in [0, 0.1) is 17.1 Å². The summed E-state index contributed by atoms with van der Waals surface area (Å²) in [6.45, 7) is 3.61. The SMILES string of the molecule is CC(C)(C[C@H](Cc1nc(C#N)ccc1F)c1ccccc1-c1noc2cc(Cl)ccc12)S(N)=O. The molecule has 2 aromatic heterocycles. The largest absolute Gasteiger partial charge is 0.356 e. The van der Waals surface area contributed by atoms with Crippen molar-refractivity contribution < 1.29 is 13.1 Å². The molecule has 2 heterocycles. The van der Waals surface area contributed by atoms with Crippen molar-refractivity contribution >= 4 is 33.6 Å². The molecule has 174 valence electrons. The summed E-state index contributed by atoms with van der Waals surface area (Å²) in [5, 5.41) is 20.6.